The summed E-state index contributed by atoms with van der Waals surface area (Å²) in [6, 6.07) is 19.8. The number of benzene rings is 2. The molecule has 0 N–H and O–H groups in total. The number of amides is 4. The molecule has 2 fully saturated rings. The highest BCUT2D eigenvalue weighted by Gasteiger charge is 2.42. The van der Waals surface area contributed by atoms with E-state index in [0.29, 0.717) is 13.0 Å². The van der Waals surface area contributed by atoms with Crippen LogP contribution >= 0.6 is 0 Å². The molecule has 29 heavy (non-hydrogen) atoms. The molecule has 0 aromatic heterocycles. The van der Waals surface area contributed by atoms with E-state index in [-0.39, 0.29) is 30.2 Å². The lowest BCUT2D eigenvalue weighted by atomic mass is 9.88. The Morgan fingerprint density at radius 3 is 1.90 bits per heavy atom. The molecule has 0 radical (unpaired) electrons. The van der Waals surface area contributed by atoms with Gasteiger partial charge >= 0.3 is 6.03 Å². The lowest BCUT2D eigenvalue weighted by Crippen LogP contribution is -2.58. The molecule has 2 aromatic rings. The van der Waals surface area contributed by atoms with Crippen LogP contribution in [0, 0.1) is 0 Å². The van der Waals surface area contributed by atoms with E-state index in [2.05, 4.69) is 24.3 Å². The Morgan fingerprint density at radius 1 is 0.793 bits per heavy atom. The summed E-state index contributed by atoms with van der Waals surface area (Å²) < 4.78 is 0. The van der Waals surface area contributed by atoms with Gasteiger partial charge in [0, 0.05) is 18.5 Å². The third-order valence-corrected chi connectivity index (χ3v) is 6.04. The molecule has 0 bridgehead atoms. The topological polar surface area (TPSA) is 57.7 Å². The van der Waals surface area contributed by atoms with Crippen molar-refractivity contribution >= 4 is 17.8 Å². The minimum Gasteiger partial charge on any atom is -0.274 e. The highest BCUT2D eigenvalue weighted by molar-refractivity contribution is 6.14. The minimum atomic E-state index is -0.432. The zero-order chi connectivity index (χ0) is 20.2. The van der Waals surface area contributed by atoms with Crippen molar-refractivity contribution in [3.8, 4) is 0 Å². The minimum absolute atomic E-state index is 0.0513. The highest BCUT2D eigenvalue weighted by Crippen LogP contribution is 2.31. The fourth-order valence-corrected chi connectivity index (χ4v) is 4.55. The number of barbiturate groups is 1. The second-order valence-corrected chi connectivity index (χ2v) is 7.87. The SMILES string of the molecule is O=C1CC(=O)N(C2CCCC2)C(=O)N1CCC(c1ccccc1)c1ccccc1. The number of imide groups is 2. The summed E-state index contributed by atoms with van der Waals surface area (Å²) >= 11 is 0. The van der Waals surface area contributed by atoms with Crippen molar-refractivity contribution in [1.82, 2.24) is 9.80 Å². The Kier molecular flexibility index (Phi) is 5.74. The second-order valence-electron chi connectivity index (χ2n) is 7.87. The van der Waals surface area contributed by atoms with E-state index in [9.17, 15) is 14.4 Å². The van der Waals surface area contributed by atoms with Gasteiger partial charge in [0.15, 0.2) is 0 Å². The third kappa shape index (κ3) is 4.09. The molecule has 4 amide bonds. The number of rotatable bonds is 6. The molecule has 1 saturated carbocycles. The van der Waals surface area contributed by atoms with E-state index >= 15 is 0 Å². The van der Waals surface area contributed by atoms with Crippen LogP contribution in [0.3, 0.4) is 0 Å². The van der Waals surface area contributed by atoms with E-state index in [1.165, 1.54) is 9.80 Å². The summed E-state index contributed by atoms with van der Waals surface area (Å²) in [6.07, 6.45) is 4.16. The van der Waals surface area contributed by atoms with Gasteiger partial charge in [-0.25, -0.2) is 4.79 Å². The van der Waals surface area contributed by atoms with Gasteiger partial charge in [-0.15, -0.1) is 0 Å². The summed E-state index contributed by atoms with van der Waals surface area (Å²) in [5, 5.41) is 0. The molecule has 2 aliphatic rings. The average molecular weight is 390 g/mol. The number of carbonyl (C=O) groups excluding carboxylic acids is 3. The highest BCUT2D eigenvalue weighted by atomic mass is 16.2. The Labute approximate surface area is 171 Å². The second kappa shape index (κ2) is 8.60. The van der Waals surface area contributed by atoms with Crippen molar-refractivity contribution in [3.05, 3.63) is 71.8 Å². The molecule has 0 unspecified atom stereocenters. The van der Waals surface area contributed by atoms with Crippen molar-refractivity contribution in [2.75, 3.05) is 6.54 Å². The van der Waals surface area contributed by atoms with Gasteiger partial charge in [-0.2, -0.15) is 0 Å². The van der Waals surface area contributed by atoms with Gasteiger partial charge in [0.25, 0.3) is 0 Å². The lowest BCUT2D eigenvalue weighted by molar-refractivity contribution is -0.143. The van der Waals surface area contributed by atoms with Crippen LogP contribution in [-0.4, -0.2) is 40.2 Å². The first-order valence-electron chi connectivity index (χ1n) is 10.4. The largest absolute Gasteiger partial charge is 0.333 e. The van der Waals surface area contributed by atoms with Gasteiger partial charge in [-0.1, -0.05) is 73.5 Å². The Hall–Kier alpha value is -2.95. The molecule has 150 valence electrons. The van der Waals surface area contributed by atoms with Gasteiger partial charge in [0.1, 0.15) is 6.42 Å². The van der Waals surface area contributed by atoms with E-state index in [0.717, 1.165) is 36.8 Å². The van der Waals surface area contributed by atoms with Crippen LogP contribution in [0.15, 0.2) is 60.7 Å². The molecule has 0 atom stereocenters. The quantitative estimate of drug-likeness (QED) is 0.690. The smallest absolute Gasteiger partial charge is 0.274 e. The summed E-state index contributed by atoms with van der Waals surface area (Å²) in [7, 11) is 0. The van der Waals surface area contributed by atoms with Crippen LogP contribution < -0.4 is 0 Å². The Bertz CT molecular complexity index is 836. The summed E-state index contributed by atoms with van der Waals surface area (Å²) in [4.78, 5) is 40.6. The molecule has 5 nitrogen and oxygen atoms in total. The fourth-order valence-electron chi connectivity index (χ4n) is 4.55. The molecule has 0 spiro atoms. The zero-order valence-electron chi connectivity index (χ0n) is 16.5. The van der Waals surface area contributed by atoms with Crippen molar-refractivity contribution in [3.63, 3.8) is 0 Å². The lowest BCUT2D eigenvalue weighted by Gasteiger charge is -2.36. The van der Waals surface area contributed by atoms with Gasteiger partial charge in [0.2, 0.25) is 11.8 Å². The van der Waals surface area contributed by atoms with Crippen LogP contribution in [-0.2, 0) is 9.59 Å². The van der Waals surface area contributed by atoms with Gasteiger partial charge in [-0.3, -0.25) is 19.4 Å². The van der Waals surface area contributed by atoms with E-state index in [1.807, 2.05) is 36.4 Å². The standard InChI is InChI=1S/C24H26N2O3/c27-22-17-23(28)26(20-13-7-8-14-20)24(29)25(22)16-15-21(18-9-3-1-4-10-18)19-11-5-2-6-12-19/h1-6,9-12,20-21H,7-8,13-17H2. The van der Waals surface area contributed by atoms with E-state index < -0.39 is 6.03 Å². The maximum atomic E-state index is 13.0. The number of hydrogen-bond acceptors (Lipinski definition) is 3. The molecule has 2 aromatic carbocycles. The predicted octanol–water partition coefficient (Wildman–Crippen LogP) is 4.33. The van der Waals surface area contributed by atoms with Crippen LogP contribution in [0.4, 0.5) is 4.79 Å². The predicted molar refractivity (Wildman–Crippen MR) is 110 cm³/mol. The molecule has 4 rings (SSSR count). The van der Waals surface area contributed by atoms with Crippen molar-refractivity contribution < 1.29 is 14.4 Å². The number of carbonyl (C=O) groups is 3. The normalized spacial score (nSPS) is 18.2. The monoisotopic (exact) mass is 390 g/mol. The Morgan fingerprint density at radius 2 is 1.34 bits per heavy atom. The first-order chi connectivity index (χ1) is 14.1. The van der Waals surface area contributed by atoms with Crippen LogP contribution in [0.2, 0.25) is 0 Å². The first kappa shape index (κ1) is 19.4. The molecule has 5 heteroatoms. The number of hydrogen-bond donors (Lipinski definition) is 0. The number of nitrogens with zero attached hydrogens (tertiary/aromatic N) is 2. The summed E-state index contributed by atoms with van der Waals surface area (Å²) in [5.74, 6) is -0.643. The van der Waals surface area contributed by atoms with Crippen LogP contribution in [0.1, 0.15) is 55.6 Å². The molecule has 1 heterocycles. The molecular weight excluding hydrogens is 364 g/mol. The maximum Gasteiger partial charge on any atom is 0.333 e. The van der Waals surface area contributed by atoms with E-state index in [1.54, 1.807) is 0 Å². The van der Waals surface area contributed by atoms with Crippen molar-refractivity contribution in [2.24, 2.45) is 0 Å². The molecule has 1 aliphatic heterocycles. The molecule has 1 aliphatic carbocycles. The third-order valence-electron chi connectivity index (χ3n) is 6.04. The average Bonchev–Trinajstić information content (AvgIpc) is 3.26. The van der Waals surface area contributed by atoms with Crippen molar-refractivity contribution in [2.45, 2.75) is 50.5 Å². The van der Waals surface area contributed by atoms with Crippen LogP contribution in [0.5, 0.6) is 0 Å². The zero-order valence-corrected chi connectivity index (χ0v) is 16.5. The first-order valence-corrected chi connectivity index (χ1v) is 10.4. The summed E-state index contributed by atoms with van der Waals surface area (Å²) in [5.41, 5.74) is 2.30. The summed E-state index contributed by atoms with van der Waals surface area (Å²) in [6.45, 7) is 0.308. The van der Waals surface area contributed by atoms with E-state index in [4.69, 9.17) is 0 Å². The van der Waals surface area contributed by atoms with Gasteiger partial charge in [-0.05, 0) is 30.4 Å². The fraction of sp³-hybridized carbons (Fsp3) is 0.375. The van der Waals surface area contributed by atoms with Gasteiger partial charge in [0.05, 0.1) is 0 Å². The molecular formula is C24H26N2O3. The van der Waals surface area contributed by atoms with Crippen molar-refractivity contribution in [1.29, 1.82) is 0 Å². The molecule has 1 saturated heterocycles. The Balaban J connectivity index is 1.54. The number of urea groups is 1. The maximum absolute atomic E-state index is 13.0. The van der Waals surface area contributed by atoms with Crippen LogP contribution in [0.25, 0.3) is 0 Å². The van der Waals surface area contributed by atoms with Gasteiger partial charge < -0.3 is 0 Å².